The van der Waals surface area contributed by atoms with E-state index in [1.54, 1.807) is 7.11 Å². The first-order valence-corrected chi connectivity index (χ1v) is 10.0. The number of ether oxygens (including phenoxy) is 1. The molecule has 0 radical (unpaired) electrons. The standard InChI is InChI=1S/C22H29N3O2/c1-3-6-21-23-13-16(14-24-21)15-25-17-9-10-18(25)12-22(26,11-17)19-7-4-5-8-20(19)27-2/h4-5,7-8,13-14,17-18,26H,3,6,9-12,15H2,1-2H3/t17-,18-/m0/s1. The number of methoxy groups -OCH3 is 1. The summed E-state index contributed by atoms with van der Waals surface area (Å²) in [6, 6.07) is 8.66. The number of benzene rings is 1. The van der Waals surface area contributed by atoms with Gasteiger partial charge in [-0.3, -0.25) is 4.90 Å². The summed E-state index contributed by atoms with van der Waals surface area (Å²) in [5.41, 5.74) is 1.28. The number of para-hydroxylation sites is 1. The van der Waals surface area contributed by atoms with Crippen molar-refractivity contribution in [2.24, 2.45) is 0 Å². The van der Waals surface area contributed by atoms with E-state index in [1.807, 2.05) is 36.7 Å². The number of aliphatic hydroxyl groups is 1. The Balaban J connectivity index is 1.50. The van der Waals surface area contributed by atoms with Gasteiger partial charge in [0.15, 0.2) is 0 Å². The van der Waals surface area contributed by atoms with Gasteiger partial charge in [-0.05, 0) is 38.2 Å². The van der Waals surface area contributed by atoms with Crippen molar-refractivity contribution in [1.82, 2.24) is 14.9 Å². The van der Waals surface area contributed by atoms with Crippen LogP contribution in [0.2, 0.25) is 0 Å². The average Bonchev–Trinajstić information content (AvgIpc) is 2.93. The zero-order valence-corrected chi connectivity index (χ0v) is 16.3. The van der Waals surface area contributed by atoms with Crippen LogP contribution in [0.25, 0.3) is 0 Å². The van der Waals surface area contributed by atoms with Crippen LogP contribution in [0.5, 0.6) is 5.75 Å². The van der Waals surface area contributed by atoms with Crippen molar-refractivity contribution in [2.45, 2.75) is 69.7 Å². The Hall–Kier alpha value is -1.98. The highest BCUT2D eigenvalue weighted by Gasteiger charge is 2.49. The first-order valence-electron chi connectivity index (χ1n) is 10.0. The molecule has 2 aliphatic rings. The first kappa shape index (κ1) is 18.4. The van der Waals surface area contributed by atoms with Crippen LogP contribution < -0.4 is 4.74 Å². The number of hydrogen-bond donors (Lipinski definition) is 1. The van der Waals surface area contributed by atoms with Gasteiger partial charge in [0.1, 0.15) is 11.6 Å². The highest BCUT2D eigenvalue weighted by atomic mass is 16.5. The largest absolute Gasteiger partial charge is 0.496 e. The molecule has 0 amide bonds. The van der Waals surface area contributed by atoms with Gasteiger partial charge >= 0.3 is 0 Å². The topological polar surface area (TPSA) is 58.5 Å². The smallest absolute Gasteiger partial charge is 0.128 e. The molecule has 5 heteroatoms. The van der Waals surface area contributed by atoms with Crippen LogP contribution in [0.3, 0.4) is 0 Å². The summed E-state index contributed by atoms with van der Waals surface area (Å²) < 4.78 is 5.52. The monoisotopic (exact) mass is 367 g/mol. The fraction of sp³-hybridized carbons (Fsp3) is 0.545. The lowest BCUT2D eigenvalue weighted by molar-refractivity contribution is -0.0607. The molecule has 2 bridgehead atoms. The summed E-state index contributed by atoms with van der Waals surface area (Å²) in [5.74, 6) is 1.71. The molecule has 27 heavy (non-hydrogen) atoms. The maximum atomic E-state index is 11.5. The van der Waals surface area contributed by atoms with Crippen LogP contribution >= 0.6 is 0 Å². The molecule has 3 heterocycles. The summed E-state index contributed by atoms with van der Waals surface area (Å²) in [7, 11) is 1.67. The number of piperidine rings is 1. The number of rotatable bonds is 6. The lowest BCUT2D eigenvalue weighted by Crippen LogP contribution is -2.49. The van der Waals surface area contributed by atoms with Gasteiger partial charge < -0.3 is 9.84 Å². The summed E-state index contributed by atoms with van der Waals surface area (Å²) in [6.07, 6.45) is 9.71. The lowest BCUT2D eigenvalue weighted by Gasteiger charge is -2.44. The molecule has 2 aliphatic heterocycles. The highest BCUT2D eigenvalue weighted by molar-refractivity contribution is 5.39. The summed E-state index contributed by atoms with van der Waals surface area (Å²) in [4.78, 5) is 11.5. The van der Waals surface area contributed by atoms with Crippen LogP contribution in [-0.4, -0.2) is 39.2 Å². The maximum Gasteiger partial charge on any atom is 0.128 e. The summed E-state index contributed by atoms with van der Waals surface area (Å²) >= 11 is 0. The van der Waals surface area contributed by atoms with E-state index in [-0.39, 0.29) is 0 Å². The molecule has 2 saturated heterocycles. The van der Waals surface area contributed by atoms with Crippen molar-refractivity contribution in [1.29, 1.82) is 0 Å². The molecule has 5 nitrogen and oxygen atoms in total. The van der Waals surface area contributed by atoms with Gasteiger partial charge in [0.25, 0.3) is 0 Å². The van der Waals surface area contributed by atoms with Crippen molar-refractivity contribution in [3.05, 3.63) is 53.6 Å². The van der Waals surface area contributed by atoms with E-state index in [4.69, 9.17) is 4.74 Å². The lowest BCUT2D eigenvalue weighted by atomic mass is 9.80. The van der Waals surface area contributed by atoms with Gasteiger partial charge in [-0.2, -0.15) is 0 Å². The van der Waals surface area contributed by atoms with E-state index in [9.17, 15) is 5.11 Å². The van der Waals surface area contributed by atoms with Gasteiger partial charge in [0.05, 0.1) is 12.7 Å². The van der Waals surface area contributed by atoms with Gasteiger partial charge in [0.2, 0.25) is 0 Å². The predicted octanol–water partition coefficient (Wildman–Crippen LogP) is 3.45. The third-order valence-electron chi connectivity index (χ3n) is 6.12. The first-order chi connectivity index (χ1) is 13.1. The van der Waals surface area contributed by atoms with Crippen molar-refractivity contribution < 1.29 is 9.84 Å². The zero-order chi connectivity index (χ0) is 18.9. The summed E-state index contributed by atoms with van der Waals surface area (Å²) in [5, 5.41) is 11.5. The Morgan fingerprint density at radius 3 is 2.44 bits per heavy atom. The maximum absolute atomic E-state index is 11.5. The van der Waals surface area contributed by atoms with Crippen molar-refractivity contribution >= 4 is 0 Å². The van der Waals surface area contributed by atoms with Gasteiger partial charge in [-0.1, -0.05) is 25.1 Å². The number of fused-ring (bicyclic) bond motifs is 2. The quantitative estimate of drug-likeness (QED) is 0.847. The van der Waals surface area contributed by atoms with Crippen LogP contribution in [-0.2, 0) is 18.6 Å². The van der Waals surface area contributed by atoms with Crippen LogP contribution in [0.15, 0.2) is 36.7 Å². The normalized spacial score (nSPS) is 27.7. The van der Waals surface area contributed by atoms with Crippen molar-refractivity contribution in [2.75, 3.05) is 7.11 Å². The Labute approximate surface area is 161 Å². The number of nitrogens with zero attached hydrogens (tertiary/aromatic N) is 3. The number of aryl methyl sites for hydroxylation is 1. The molecular formula is C22H29N3O2. The highest BCUT2D eigenvalue weighted by Crippen LogP contribution is 2.48. The molecule has 4 rings (SSSR count). The van der Waals surface area contributed by atoms with E-state index in [2.05, 4.69) is 21.8 Å². The summed E-state index contributed by atoms with van der Waals surface area (Å²) in [6.45, 7) is 3.01. The van der Waals surface area contributed by atoms with Gasteiger partial charge in [-0.25, -0.2) is 9.97 Å². The van der Waals surface area contributed by atoms with E-state index in [0.29, 0.717) is 12.1 Å². The molecular weight excluding hydrogens is 338 g/mol. The Kier molecular flexibility index (Phi) is 5.15. The molecule has 144 valence electrons. The van der Waals surface area contributed by atoms with Gasteiger partial charge in [0, 0.05) is 48.6 Å². The molecule has 1 N–H and O–H groups in total. The zero-order valence-electron chi connectivity index (χ0n) is 16.3. The fourth-order valence-electron chi connectivity index (χ4n) is 4.85. The SMILES string of the molecule is CCCc1ncc(CN2[C@H]3CC[C@H]2CC(O)(c2ccccc2OC)C3)cn1. The molecule has 0 aliphatic carbocycles. The minimum absolute atomic E-state index is 0.383. The van der Waals surface area contributed by atoms with E-state index < -0.39 is 5.60 Å². The molecule has 1 aromatic heterocycles. The van der Waals surface area contributed by atoms with E-state index in [1.165, 1.54) is 0 Å². The van der Waals surface area contributed by atoms with Crippen molar-refractivity contribution in [3.63, 3.8) is 0 Å². The molecule has 0 spiro atoms. The third-order valence-corrected chi connectivity index (χ3v) is 6.12. The van der Waals surface area contributed by atoms with Crippen LogP contribution in [0, 0.1) is 0 Å². The Bertz CT molecular complexity index is 763. The van der Waals surface area contributed by atoms with Crippen LogP contribution in [0.1, 0.15) is 56.0 Å². The Morgan fingerprint density at radius 2 is 1.81 bits per heavy atom. The average molecular weight is 367 g/mol. The molecule has 0 saturated carbocycles. The second-order valence-electron chi connectivity index (χ2n) is 7.95. The predicted molar refractivity (Wildman–Crippen MR) is 105 cm³/mol. The van der Waals surface area contributed by atoms with Gasteiger partial charge in [-0.15, -0.1) is 0 Å². The van der Waals surface area contributed by atoms with E-state index in [0.717, 1.165) is 67.8 Å². The second kappa shape index (κ2) is 7.56. The molecule has 2 aromatic rings. The number of hydrogen-bond acceptors (Lipinski definition) is 5. The van der Waals surface area contributed by atoms with Crippen molar-refractivity contribution in [3.8, 4) is 5.75 Å². The number of aromatic nitrogens is 2. The molecule has 2 fully saturated rings. The third kappa shape index (κ3) is 3.58. The minimum Gasteiger partial charge on any atom is -0.496 e. The van der Waals surface area contributed by atoms with Crippen LogP contribution in [0.4, 0.5) is 0 Å². The molecule has 0 unspecified atom stereocenters. The molecule has 2 atom stereocenters. The fourth-order valence-corrected chi connectivity index (χ4v) is 4.85. The second-order valence-corrected chi connectivity index (χ2v) is 7.95. The molecule has 1 aromatic carbocycles. The minimum atomic E-state index is -0.809. The van der Waals surface area contributed by atoms with E-state index >= 15 is 0 Å². The Morgan fingerprint density at radius 1 is 1.15 bits per heavy atom.